The molecule has 43 heavy (non-hydrogen) atoms. The van der Waals surface area contributed by atoms with Crippen LogP contribution < -0.4 is 0 Å². The summed E-state index contributed by atoms with van der Waals surface area (Å²) in [6.07, 6.45) is 0. The molecule has 0 atom stereocenters. The molecule has 0 fully saturated rings. The van der Waals surface area contributed by atoms with E-state index in [0.29, 0.717) is 34.2 Å². The van der Waals surface area contributed by atoms with Gasteiger partial charge in [-0.2, -0.15) is 0 Å². The number of hydrogen-bond donors (Lipinski definition) is 0. The summed E-state index contributed by atoms with van der Waals surface area (Å²) in [6, 6.07) is 37.2. The Labute approximate surface area is 256 Å². The lowest BCUT2D eigenvalue weighted by atomic mass is 9.95. The smallest absolute Gasteiger partial charge is 0.164 e. The van der Waals surface area contributed by atoms with E-state index in [4.69, 9.17) is 26.2 Å². The lowest BCUT2D eigenvalue weighted by molar-refractivity contribution is 0.669. The summed E-state index contributed by atoms with van der Waals surface area (Å²) >= 11 is 0. The minimum absolute atomic E-state index is 0.167. The van der Waals surface area contributed by atoms with E-state index < -0.39 is 6.04 Å². The quantitative estimate of drug-likeness (QED) is 0.212. The van der Waals surface area contributed by atoms with Crippen molar-refractivity contribution in [1.29, 1.82) is 0 Å². The monoisotopic (exact) mass is 556 g/mol. The molecule has 0 saturated heterocycles. The van der Waals surface area contributed by atoms with E-state index in [0.717, 1.165) is 38.6 Å². The maximum atomic E-state index is 8.41. The first-order valence-corrected chi connectivity index (χ1v) is 13.9. The first kappa shape index (κ1) is 20.1. The first-order valence-electron chi connectivity index (χ1n) is 16.4. The van der Waals surface area contributed by atoms with Gasteiger partial charge in [0, 0.05) is 27.5 Å². The zero-order chi connectivity index (χ0) is 32.9. The molecule has 8 aromatic rings. The van der Waals surface area contributed by atoms with E-state index in [9.17, 15) is 0 Å². The summed E-state index contributed by atoms with van der Waals surface area (Å²) in [6.45, 7) is 0. The van der Waals surface area contributed by atoms with Gasteiger partial charge in [-0.1, -0.05) is 139 Å². The Morgan fingerprint density at radius 3 is 1.51 bits per heavy atom. The molecule has 4 heteroatoms. The predicted molar refractivity (Wildman–Crippen MR) is 174 cm³/mol. The van der Waals surface area contributed by atoms with E-state index in [-0.39, 0.29) is 29.7 Å². The van der Waals surface area contributed by atoms with Gasteiger partial charge in [-0.15, -0.1) is 0 Å². The number of rotatable bonds is 5. The predicted octanol–water partition coefficient (Wildman–Crippen LogP) is 10.1. The summed E-state index contributed by atoms with van der Waals surface area (Å²) in [5.74, 6) is 1.64. The third-order valence-electron chi connectivity index (χ3n) is 7.45. The number of nitrogens with zero attached hydrogens (tertiary/aromatic N) is 3. The lowest BCUT2D eigenvalue weighted by Gasteiger charge is -2.10. The number of aromatic nitrogens is 3. The van der Waals surface area contributed by atoms with Crippen LogP contribution in [0.3, 0.4) is 0 Å². The van der Waals surface area contributed by atoms with Crippen molar-refractivity contribution < 1.29 is 11.3 Å². The van der Waals surface area contributed by atoms with E-state index >= 15 is 0 Å². The van der Waals surface area contributed by atoms with Crippen molar-refractivity contribution in [2.24, 2.45) is 0 Å². The molecular weight excluding hydrogens is 526 g/mol. The molecule has 2 aromatic heterocycles. The zero-order valence-corrected chi connectivity index (χ0v) is 22.8. The molecule has 0 amide bonds. The molecule has 2 heterocycles. The fourth-order valence-corrected chi connectivity index (χ4v) is 5.43. The fourth-order valence-electron chi connectivity index (χ4n) is 5.43. The summed E-state index contributed by atoms with van der Waals surface area (Å²) < 4.78 is 47.3. The van der Waals surface area contributed by atoms with E-state index in [1.165, 1.54) is 0 Å². The average molecular weight is 557 g/mol. The largest absolute Gasteiger partial charge is 0.456 e. The molecule has 4 nitrogen and oxygen atoms in total. The maximum absolute atomic E-state index is 8.41. The number of benzene rings is 6. The summed E-state index contributed by atoms with van der Waals surface area (Å²) in [5, 5.41) is 1.75. The van der Waals surface area contributed by atoms with Gasteiger partial charge in [0.15, 0.2) is 17.5 Å². The zero-order valence-electron chi connectivity index (χ0n) is 27.8. The molecule has 202 valence electrons. The van der Waals surface area contributed by atoms with E-state index in [2.05, 4.69) is 0 Å². The van der Waals surface area contributed by atoms with Crippen LogP contribution in [0.2, 0.25) is 0 Å². The molecule has 0 unspecified atom stereocenters. The van der Waals surface area contributed by atoms with Crippen LogP contribution in [-0.4, -0.2) is 15.0 Å². The minimum Gasteiger partial charge on any atom is -0.456 e. The highest BCUT2D eigenvalue weighted by Crippen LogP contribution is 2.41. The van der Waals surface area contributed by atoms with Crippen LogP contribution in [0.5, 0.6) is 0 Å². The van der Waals surface area contributed by atoms with Gasteiger partial charge < -0.3 is 4.42 Å². The van der Waals surface area contributed by atoms with Crippen LogP contribution in [0.4, 0.5) is 0 Å². The summed E-state index contributed by atoms with van der Waals surface area (Å²) in [5.41, 5.74) is 6.43. The van der Waals surface area contributed by atoms with Crippen LogP contribution >= 0.6 is 0 Å². The topological polar surface area (TPSA) is 51.8 Å². The van der Waals surface area contributed by atoms with Gasteiger partial charge in [0.1, 0.15) is 11.2 Å². The Bertz CT molecular complexity index is 2410. The number of furan rings is 1. The molecule has 0 aliphatic rings. The molecule has 0 aliphatic heterocycles. The number of hydrogen-bond acceptors (Lipinski definition) is 4. The second kappa shape index (κ2) is 10.5. The van der Waals surface area contributed by atoms with Crippen LogP contribution in [0, 0.1) is 0 Å². The minimum atomic E-state index is -0.412. The maximum Gasteiger partial charge on any atom is 0.164 e. The van der Waals surface area contributed by atoms with Crippen molar-refractivity contribution >= 4 is 21.9 Å². The second-order valence-corrected chi connectivity index (χ2v) is 10.1. The summed E-state index contributed by atoms with van der Waals surface area (Å²) in [7, 11) is 0. The first-order chi connectivity index (χ1) is 23.4. The Morgan fingerprint density at radius 1 is 0.395 bits per heavy atom. The van der Waals surface area contributed by atoms with Gasteiger partial charge in [0.05, 0.1) is 6.85 Å². The molecule has 6 aromatic carbocycles. The van der Waals surface area contributed by atoms with Crippen LogP contribution in [0.1, 0.15) is 6.85 Å². The average Bonchev–Trinajstić information content (AvgIpc) is 3.53. The molecule has 0 N–H and O–H groups in total. The van der Waals surface area contributed by atoms with Gasteiger partial charge in [-0.05, 0) is 34.4 Å². The van der Waals surface area contributed by atoms with Crippen molar-refractivity contribution in [2.45, 2.75) is 0 Å². The normalized spacial score (nSPS) is 12.9. The molecule has 8 rings (SSSR count). The lowest BCUT2D eigenvalue weighted by Crippen LogP contribution is -2.00. The Kier molecular flexibility index (Phi) is 4.91. The van der Waals surface area contributed by atoms with Crippen molar-refractivity contribution in [2.75, 3.05) is 0 Å². The third kappa shape index (κ3) is 4.55. The van der Waals surface area contributed by atoms with Gasteiger partial charge >= 0.3 is 0 Å². The Balaban J connectivity index is 1.32. The van der Waals surface area contributed by atoms with Gasteiger partial charge in [-0.25, -0.2) is 15.0 Å². The molecule has 0 spiro atoms. The van der Waals surface area contributed by atoms with Gasteiger partial charge in [0.25, 0.3) is 0 Å². The van der Waals surface area contributed by atoms with Crippen molar-refractivity contribution in [3.63, 3.8) is 0 Å². The summed E-state index contributed by atoms with van der Waals surface area (Å²) in [4.78, 5) is 14.8. The molecule has 0 saturated carbocycles. The van der Waals surface area contributed by atoms with Crippen LogP contribution in [-0.2, 0) is 0 Å². The van der Waals surface area contributed by atoms with Crippen LogP contribution in [0.15, 0.2) is 156 Å². The standard InChI is InChI=1S/C39H25N3O/c1-4-12-26(13-5-1)27-22-24-28(25-23-27)31-18-10-20-33-35(31)36-32(19-11-21-34(36)43-33)39-41-37(29-14-6-2-7-15-29)40-38(42-39)30-16-8-3-9-17-30/h1-25H/i1D,4D,5D,12D,13D. The molecule has 0 aliphatic carbocycles. The van der Waals surface area contributed by atoms with E-state index in [1.807, 2.05) is 109 Å². The highest BCUT2D eigenvalue weighted by Gasteiger charge is 2.20. The van der Waals surface area contributed by atoms with Crippen molar-refractivity contribution in [3.05, 3.63) is 152 Å². The fraction of sp³-hybridized carbons (Fsp3) is 0. The third-order valence-corrected chi connectivity index (χ3v) is 7.45. The highest BCUT2D eigenvalue weighted by molar-refractivity contribution is 6.17. The highest BCUT2D eigenvalue weighted by atomic mass is 16.3. The molecular formula is C39H25N3O. The molecule has 0 radical (unpaired) electrons. The van der Waals surface area contributed by atoms with Gasteiger partial charge in [-0.3, -0.25) is 0 Å². The van der Waals surface area contributed by atoms with Crippen molar-refractivity contribution in [3.8, 4) is 56.4 Å². The van der Waals surface area contributed by atoms with E-state index in [1.54, 1.807) is 12.1 Å². The second-order valence-electron chi connectivity index (χ2n) is 10.1. The number of fused-ring (bicyclic) bond motifs is 3. The van der Waals surface area contributed by atoms with Gasteiger partial charge in [0.2, 0.25) is 0 Å². The Hall–Kier alpha value is -5.87. The Morgan fingerprint density at radius 2 is 0.907 bits per heavy atom. The van der Waals surface area contributed by atoms with Crippen LogP contribution in [0.25, 0.3) is 78.4 Å². The SMILES string of the molecule is [2H]c1c([2H])c([2H])c(-c2ccc(-c3cccc4oc5cccc(-c6nc(-c7ccccc7)nc(-c7ccccc7)n6)c5c34)cc2)c([2H])c1[2H]. The molecule has 0 bridgehead atoms. The van der Waals surface area contributed by atoms with Crippen molar-refractivity contribution in [1.82, 2.24) is 15.0 Å².